The number of esters is 1. The van der Waals surface area contributed by atoms with E-state index in [9.17, 15) is 4.79 Å². The molecule has 0 radical (unpaired) electrons. The van der Waals surface area contributed by atoms with Crippen LogP contribution in [-0.4, -0.2) is 19.7 Å². The molecule has 0 fully saturated rings. The molecule has 0 spiro atoms. The lowest BCUT2D eigenvalue weighted by atomic mass is 9.95. The monoisotopic (exact) mass is 236 g/mol. The van der Waals surface area contributed by atoms with Crippen molar-refractivity contribution >= 4 is 5.97 Å². The number of ether oxygens (including phenoxy) is 2. The Bertz CT molecular complexity index is 383. The van der Waals surface area contributed by atoms with Crippen LogP contribution in [0.4, 0.5) is 0 Å². The van der Waals surface area contributed by atoms with Crippen molar-refractivity contribution in [3.8, 4) is 5.75 Å². The van der Waals surface area contributed by atoms with Gasteiger partial charge in [-0.25, -0.2) is 0 Å². The third kappa shape index (κ3) is 3.48. The molecule has 3 nitrogen and oxygen atoms in total. The van der Waals surface area contributed by atoms with Crippen molar-refractivity contribution in [2.45, 2.75) is 27.2 Å². The molecule has 0 aliphatic carbocycles. The average molecular weight is 236 g/mol. The van der Waals surface area contributed by atoms with E-state index < -0.39 is 5.41 Å². The summed E-state index contributed by atoms with van der Waals surface area (Å²) in [5.74, 6) is 0.582. The van der Waals surface area contributed by atoms with Crippen LogP contribution in [0, 0.1) is 5.41 Å². The Morgan fingerprint density at radius 2 is 1.94 bits per heavy atom. The zero-order chi connectivity index (χ0) is 12.9. The first-order valence-electron chi connectivity index (χ1n) is 5.80. The van der Waals surface area contributed by atoms with Crippen LogP contribution >= 0.6 is 0 Å². The van der Waals surface area contributed by atoms with Crippen molar-refractivity contribution in [3.05, 3.63) is 29.8 Å². The maximum Gasteiger partial charge on any atom is 0.314 e. The number of rotatable bonds is 5. The molecule has 94 valence electrons. The SMILES string of the molecule is CCc1ccccc1OCC(C)(C)C(=O)OC. The van der Waals surface area contributed by atoms with Crippen molar-refractivity contribution in [2.24, 2.45) is 5.41 Å². The molecule has 0 atom stereocenters. The molecule has 0 bridgehead atoms. The minimum atomic E-state index is -0.629. The zero-order valence-corrected chi connectivity index (χ0v) is 10.9. The van der Waals surface area contributed by atoms with Gasteiger partial charge in [-0.2, -0.15) is 0 Å². The number of para-hydroxylation sites is 1. The summed E-state index contributed by atoms with van der Waals surface area (Å²) in [5.41, 5.74) is 0.517. The second-order valence-corrected chi connectivity index (χ2v) is 4.63. The van der Waals surface area contributed by atoms with E-state index in [0.717, 1.165) is 17.7 Å². The van der Waals surface area contributed by atoms with Crippen LogP contribution in [0.1, 0.15) is 26.3 Å². The molecule has 0 unspecified atom stereocenters. The van der Waals surface area contributed by atoms with Crippen molar-refractivity contribution in [2.75, 3.05) is 13.7 Å². The molecule has 1 aromatic carbocycles. The molecule has 0 N–H and O–H groups in total. The number of hydrogen-bond acceptors (Lipinski definition) is 3. The molecule has 0 aliphatic heterocycles. The predicted molar refractivity (Wildman–Crippen MR) is 67.1 cm³/mol. The Kier molecular flexibility index (Phi) is 4.55. The Hall–Kier alpha value is -1.51. The maximum absolute atomic E-state index is 11.5. The smallest absolute Gasteiger partial charge is 0.314 e. The van der Waals surface area contributed by atoms with E-state index in [4.69, 9.17) is 9.47 Å². The molecule has 1 rings (SSSR count). The lowest BCUT2D eigenvalue weighted by Gasteiger charge is -2.22. The van der Waals surface area contributed by atoms with Gasteiger partial charge in [-0.05, 0) is 31.9 Å². The maximum atomic E-state index is 11.5. The fourth-order valence-electron chi connectivity index (χ4n) is 1.53. The number of hydrogen-bond donors (Lipinski definition) is 0. The Morgan fingerprint density at radius 1 is 1.29 bits per heavy atom. The van der Waals surface area contributed by atoms with E-state index in [1.807, 2.05) is 38.1 Å². The Balaban J connectivity index is 2.70. The van der Waals surface area contributed by atoms with Gasteiger partial charge in [-0.3, -0.25) is 4.79 Å². The summed E-state index contributed by atoms with van der Waals surface area (Å²) in [6.45, 7) is 6.02. The van der Waals surface area contributed by atoms with Gasteiger partial charge in [0.25, 0.3) is 0 Å². The standard InChI is InChI=1S/C14H20O3/c1-5-11-8-6-7-9-12(11)17-10-14(2,3)13(15)16-4/h6-9H,5,10H2,1-4H3. The number of carbonyl (C=O) groups excluding carboxylic acids is 1. The van der Waals surface area contributed by atoms with Crippen LogP contribution in [0.5, 0.6) is 5.75 Å². The van der Waals surface area contributed by atoms with E-state index >= 15 is 0 Å². The molecule has 0 heterocycles. The van der Waals surface area contributed by atoms with Gasteiger partial charge in [-0.15, -0.1) is 0 Å². The fraction of sp³-hybridized carbons (Fsp3) is 0.500. The highest BCUT2D eigenvalue weighted by Crippen LogP contribution is 2.23. The highest BCUT2D eigenvalue weighted by atomic mass is 16.5. The van der Waals surface area contributed by atoms with Crippen LogP contribution in [0.25, 0.3) is 0 Å². The first-order chi connectivity index (χ1) is 8.01. The van der Waals surface area contributed by atoms with Gasteiger partial charge in [-0.1, -0.05) is 25.1 Å². The number of methoxy groups -OCH3 is 1. The molecular formula is C14H20O3. The van der Waals surface area contributed by atoms with E-state index in [0.29, 0.717) is 6.61 Å². The summed E-state index contributed by atoms with van der Waals surface area (Å²) in [5, 5.41) is 0. The second-order valence-electron chi connectivity index (χ2n) is 4.63. The van der Waals surface area contributed by atoms with Gasteiger partial charge < -0.3 is 9.47 Å². The first-order valence-corrected chi connectivity index (χ1v) is 5.80. The van der Waals surface area contributed by atoms with Gasteiger partial charge in [0.1, 0.15) is 12.4 Å². The van der Waals surface area contributed by atoms with Gasteiger partial charge >= 0.3 is 5.97 Å². The second kappa shape index (κ2) is 5.71. The lowest BCUT2D eigenvalue weighted by molar-refractivity contribution is -0.152. The molecule has 1 aromatic rings. The largest absolute Gasteiger partial charge is 0.492 e. The number of benzene rings is 1. The molecule has 0 aliphatic rings. The van der Waals surface area contributed by atoms with E-state index in [1.165, 1.54) is 7.11 Å². The molecule has 0 amide bonds. The van der Waals surface area contributed by atoms with Crippen molar-refractivity contribution in [3.63, 3.8) is 0 Å². The zero-order valence-electron chi connectivity index (χ0n) is 10.9. The highest BCUT2D eigenvalue weighted by Gasteiger charge is 2.29. The normalized spacial score (nSPS) is 11.1. The summed E-state index contributed by atoms with van der Waals surface area (Å²) >= 11 is 0. The predicted octanol–water partition coefficient (Wildman–Crippen LogP) is 2.83. The summed E-state index contributed by atoms with van der Waals surface area (Å²) < 4.78 is 10.5. The summed E-state index contributed by atoms with van der Waals surface area (Å²) in [7, 11) is 1.39. The molecule has 0 saturated carbocycles. The molecule has 0 saturated heterocycles. The first kappa shape index (κ1) is 13.6. The Labute approximate surface area is 103 Å². The summed E-state index contributed by atoms with van der Waals surface area (Å²) in [4.78, 5) is 11.5. The number of aryl methyl sites for hydroxylation is 1. The van der Waals surface area contributed by atoms with Crippen molar-refractivity contribution in [1.82, 2.24) is 0 Å². The molecule has 3 heteroatoms. The van der Waals surface area contributed by atoms with Gasteiger partial charge in [0.05, 0.1) is 12.5 Å². The van der Waals surface area contributed by atoms with Crippen LogP contribution in [-0.2, 0) is 16.0 Å². The van der Waals surface area contributed by atoms with E-state index in [1.54, 1.807) is 0 Å². The highest BCUT2D eigenvalue weighted by molar-refractivity contribution is 5.75. The van der Waals surface area contributed by atoms with Crippen molar-refractivity contribution in [1.29, 1.82) is 0 Å². The van der Waals surface area contributed by atoms with Crippen LogP contribution in [0.15, 0.2) is 24.3 Å². The Morgan fingerprint density at radius 3 is 2.53 bits per heavy atom. The van der Waals surface area contributed by atoms with E-state index in [2.05, 4.69) is 6.92 Å². The summed E-state index contributed by atoms with van der Waals surface area (Å²) in [6, 6.07) is 7.86. The van der Waals surface area contributed by atoms with Gasteiger partial charge in [0.2, 0.25) is 0 Å². The molecule has 17 heavy (non-hydrogen) atoms. The lowest BCUT2D eigenvalue weighted by Crippen LogP contribution is -2.32. The van der Waals surface area contributed by atoms with Crippen LogP contribution in [0.2, 0.25) is 0 Å². The minimum Gasteiger partial charge on any atom is -0.492 e. The van der Waals surface area contributed by atoms with Crippen LogP contribution < -0.4 is 4.74 Å². The minimum absolute atomic E-state index is 0.258. The topological polar surface area (TPSA) is 35.5 Å². The van der Waals surface area contributed by atoms with Gasteiger partial charge in [0.15, 0.2) is 0 Å². The molecule has 0 aromatic heterocycles. The van der Waals surface area contributed by atoms with Crippen LogP contribution in [0.3, 0.4) is 0 Å². The quantitative estimate of drug-likeness (QED) is 0.737. The summed E-state index contributed by atoms with van der Waals surface area (Å²) in [6.07, 6.45) is 0.912. The third-order valence-corrected chi connectivity index (χ3v) is 2.68. The number of carbonyl (C=O) groups is 1. The third-order valence-electron chi connectivity index (χ3n) is 2.68. The fourth-order valence-corrected chi connectivity index (χ4v) is 1.53. The molecular weight excluding hydrogens is 216 g/mol. The average Bonchev–Trinajstić information content (AvgIpc) is 2.35. The van der Waals surface area contributed by atoms with E-state index in [-0.39, 0.29) is 5.97 Å². The van der Waals surface area contributed by atoms with Gasteiger partial charge in [0, 0.05) is 0 Å². The van der Waals surface area contributed by atoms with Crippen molar-refractivity contribution < 1.29 is 14.3 Å².